The summed E-state index contributed by atoms with van der Waals surface area (Å²) in [6.45, 7) is 3.47. The van der Waals surface area contributed by atoms with Gasteiger partial charge in [0.25, 0.3) is 17.0 Å². The van der Waals surface area contributed by atoms with Crippen molar-refractivity contribution >= 4 is 67.0 Å². The predicted octanol–water partition coefficient (Wildman–Crippen LogP) is 3.44. The van der Waals surface area contributed by atoms with Crippen molar-refractivity contribution in [3.8, 4) is 0 Å². The minimum absolute atomic E-state index is 0.0120. The highest BCUT2D eigenvalue weighted by Gasteiger charge is 2.49. The lowest BCUT2D eigenvalue weighted by atomic mass is 9.90. The van der Waals surface area contributed by atoms with Crippen molar-refractivity contribution in [3.05, 3.63) is 97.5 Å². The van der Waals surface area contributed by atoms with Crippen LogP contribution in [-0.4, -0.2) is 38.5 Å². The van der Waals surface area contributed by atoms with Crippen LogP contribution in [-0.2, 0) is 14.4 Å². The highest BCUT2D eigenvalue weighted by Crippen LogP contribution is 2.36. The molecule has 2 amide bonds. The number of H-pyrrole nitrogens is 2. The third kappa shape index (κ3) is 3.82. The van der Waals surface area contributed by atoms with Crippen molar-refractivity contribution in [2.75, 3.05) is 4.90 Å². The van der Waals surface area contributed by atoms with E-state index >= 15 is 0 Å². The smallest absolute Gasteiger partial charge is 0.287 e. The Morgan fingerprint density at radius 1 is 0.821 bits per heavy atom. The van der Waals surface area contributed by atoms with Crippen LogP contribution in [0.3, 0.4) is 0 Å². The average Bonchev–Trinajstić information content (AvgIpc) is 3.35. The van der Waals surface area contributed by atoms with Gasteiger partial charge in [-0.2, -0.15) is 0 Å². The maximum atomic E-state index is 14.1. The fourth-order valence-electron chi connectivity index (χ4n) is 4.84. The van der Waals surface area contributed by atoms with E-state index in [0.29, 0.717) is 22.3 Å². The number of nitrogens with one attached hydrogen (secondary N) is 2. The van der Waals surface area contributed by atoms with Gasteiger partial charge in [-0.05, 0) is 49.2 Å². The number of ketones is 1. The molecule has 2 N–H and O–H groups in total. The molecule has 1 unspecified atom stereocenters. The molecule has 1 atom stereocenters. The summed E-state index contributed by atoms with van der Waals surface area (Å²) in [6.07, 6.45) is 0. The Morgan fingerprint density at radius 3 is 2.26 bits per heavy atom. The van der Waals surface area contributed by atoms with Gasteiger partial charge in [-0.1, -0.05) is 36.4 Å². The number of anilines is 1. The first-order chi connectivity index (χ1) is 18.8. The van der Waals surface area contributed by atoms with Gasteiger partial charge in [-0.25, -0.2) is 14.9 Å². The number of hydrogen-bond acceptors (Lipinski definition) is 8. The van der Waals surface area contributed by atoms with Gasteiger partial charge >= 0.3 is 5.91 Å². The minimum Gasteiger partial charge on any atom is -0.287 e. The second-order valence-corrected chi connectivity index (χ2v) is 10.2. The van der Waals surface area contributed by atoms with Gasteiger partial charge in [0.05, 0.1) is 32.4 Å². The number of imide groups is 1. The molecule has 10 nitrogen and oxygen atoms in total. The molecule has 0 aliphatic carbocycles. The fourth-order valence-corrected chi connectivity index (χ4v) is 5.91. The van der Waals surface area contributed by atoms with E-state index in [0.717, 1.165) is 9.60 Å². The predicted molar refractivity (Wildman–Crippen MR) is 148 cm³/mol. The first-order valence-corrected chi connectivity index (χ1v) is 12.7. The number of aromatic nitrogens is 3. The third-order valence-corrected chi connectivity index (χ3v) is 7.74. The van der Waals surface area contributed by atoms with Crippen molar-refractivity contribution in [3.63, 3.8) is 0 Å². The average molecular weight is 538 g/mol. The van der Waals surface area contributed by atoms with Crippen LogP contribution in [0.1, 0.15) is 22.1 Å². The van der Waals surface area contributed by atoms with Crippen molar-refractivity contribution in [1.29, 1.82) is 0 Å². The SMILES string of the molecule is Cc1cccc(C)c1N1C(=O)C(=O)C(c2nc3ccccc3s2)C(=Nc2cccc3c(=O)[nH][nH]c(=O)c23)C1=O. The number of carbonyl (C=O) groups is 3. The lowest BCUT2D eigenvalue weighted by Gasteiger charge is -2.31. The van der Waals surface area contributed by atoms with Crippen LogP contribution < -0.4 is 16.0 Å². The van der Waals surface area contributed by atoms with Gasteiger partial charge in [0, 0.05) is 0 Å². The normalized spacial score (nSPS) is 17.1. The number of carbonyl (C=O) groups excluding carboxylic acids is 3. The molecule has 6 rings (SSSR count). The van der Waals surface area contributed by atoms with E-state index < -0.39 is 34.6 Å². The van der Waals surface area contributed by atoms with Crippen LogP contribution in [0, 0.1) is 13.8 Å². The van der Waals surface area contributed by atoms with Crippen LogP contribution in [0.4, 0.5) is 11.4 Å². The van der Waals surface area contributed by atoms with Crippen LogP contribution in [0.25, 0.3) is 21.0 Å². The van der Waals surface area contributed by atoms with Crippen LogP contribution in [0.5, 0.6) is 0 Å². The van der Waals surface area contributed by atoms with E-state index in [1.54, 1.807) is 44.2 Å². The van der Waals surface area contributed by atoms with E-state index in [1.807, 2.05) is 12.1 Å². The number of aliphatic imine (C=N–C) groups is 1. The molecule has 1 aliphatic rings. The number of rotatable bonds is 3. The van der Waals surface area contributed by atoms with E-state index in [-0.39, 0.29) is 27.2 Å². The maximum Gasteiger partial charge on any atom is 0.302 e. The van der Waals surface area contributed by atoms with Gasteiger partial charge in [-0.3, -0.25) is 34.2 Å². The van der Waals surface area contributed by atoms with Gasteiger partial charge in [0.15, 0.2) is 0 Å². The number of amides is 2. The van der Waals surface area contributed by atoms with Crippen molar-refractivity contribution in [2.45, 2.75) is 19.8 Å². The molecule has 0 spiro atoms. The minimum atomic E-state index is -1.39. The number of aryl methyl sites for hydroxylation is 2. The molecule has 1 fully saturated rings. The summed E-state index contributed by atoms with van der Waals surface area (Å²) in [6, 6.07) is 16.9. The summed E-state index contributed by atoms with van der Waals surface area (Å²) >= 11 is 1.18. The largest absolute Gasteiger partial charge is 0.302 e. The summed E-state index contributed by atoms with van der Waals surface area (Å²) in [5.74, 6) is -4.06. The number of para-hydroxylation sites is 2. The van der Waals surface area contributed by atoms with E-state index in [4.69, 9.17) is 0 Å². The zero-order valence-corrected chi connectivity index (χ0v) is 21.5. The van der Waals surface area contributed by atoms with E-state index in [9.17, 15) is 24.0 Å². The number of aromatic amines is 2. The van der Waals surface area contributed by atoms with Gasteiger partial charge < -0.3 is 0 Å². The van der Waals surface area contributed by atoms with Gasteiger partial charge in [0.2, 0.25) is 5.78 Å². The first kappa shape index (κ1) is 24.3. The maximum absolute atomic E-state index is 14.1. The highest BCUT2D eigenvalue weighted by atomic mass is 32.1. The second kappa shape index (κ2) is 9.07. The zero-order valence-electron chi connectivity index (χ0n) is 20.6. The standard InChI is InChI=1S/C28H19N5O5S/c1-13-7-5-8-14(2)22(13)33-27(37)21(29-17-11-6-9-15-19(17)25(36)32-31-24(15)35)20(23(34)28(33)38)26-30-16-10-3-4-12-18(16)39-26/h3-12,20H,1-2H3,(H,31,35)(H,32,36). The molecule has 5 aromatic rings. The van der Waals surface area contributed by atoms with Gasteiger partial charge in [-0.15, -0.1) is 11.3 Å². The molecule has 0 bridgehead atoms. The number of nitrogens with zero attached hydrogens (tertiary/aromatic N) is 3. The zero-order chi connectivity index (χ0) is 27.4. The van der Waals surface area contributed by atoms with Crippen molar-refractivity contribution < 1.29 is 14.4 Å². The Hall–Kier alpha value is -5.03. The monoisotopic (exact) mass is 537 g/mol. The number of Topliss-reactive ketones (excluding diaryl/α,β-unsaturated/α-hetero) is 1. The van der Waals surface area contributed by atoms with Crippen LogP contribution >= 0.6 is 11.3 Å². The molecule has 1 aliphatic heterocycles. The van der Waals surface area contributed by atoms with Crippen molar-refractivity contribution in [2.24, 2.45) is 4.99 Å². The first-order valence-electron chi connectivity index (χ1n) is 11.9. The summed E-state index contributed by atoms with van der Waals surface area (Å²) in [5, 5.41) is 4.78. The fraction of sp³-hybridized carbons (Fsp3) is 0.107. The highest BCUT2D eigenvalue weighted by molar-refractivity contribution is 7.19. The lowest BCUT2D eigenvalue weighted by molar-refractivity contribution is -0.139. The lowest BCUT2D eigenvalue weighted by Crippen LogP contribution is -2.55. The summed E-state index contributed by atoms with van der Waals surface area (Å²) in [5.41, 5.74) is 0.710. The molecule has 1 saturated heterocycles. The number of piperidine rings is 1. The summed E-state index contributed by atoms with van der Waals surface area (Å²) in [4.78, 5) is 76.4. The molecule has 192 valence electrons. The third-order valence-electron chi connectivity index (χ3n) is 6.64. The van der Waals surface area contributed by atoms with Crippen LogP contribution in [0.15, 0.2) is 75.2 Å². The molecular weight excluding hydrogens is 518 g/mol. The Labute approximate surface area is 223 Å². The van der Waals surface area contributed by atoms with E-state index in [1.165, 1.54) is 29.5 Å². The number of fused-ring (bicyclic) bond motifs is 2. The van der Waals surface area contributed by atoms with Gasteiger partial charge in [0.1, 0.15) is 16.6 Å². The van der Waals surface area contributed by atoms with Crippen LogP contribution in [0.2, 0.25) is 0 Å². The molecule has 39 heavy (non-hydrogen) atoms. The Bertz CT molecular complexity index is 1970. The summed E-state index contributed by atoms with van der Waals surface area (Å²) < 4.78 is 0.768. The molecule has 0 radical (unpaired) electrons. The topological polar surface area (TPSA) is 145 Å². The Balaban J connectivity index is 1.64. The Morgan fingerprint density at radius 2 is 1.51 bits per heavy atom. The quantitative estimate of drug-likeness (QED) is 0.266. The Kier molecular flexibility index (Phi) is 5.65. The number of benzene rings is 3. The second-order valence-electron chi connectivity index (χ2n) is 9.11. The number of thiazole rings is 1. The molecule has 0 saturated carbocycles. The van der Waals surface area contributed by atoms with E-state index in [2.05, 4.69) is 20.2 Å². The molecule has 3 heterocycles. The molecule has 11 heteroatoms. The molecule has 2 aromatic heterocycles. The molecule has 3 aromatic carbocycles. The molecular formula is C28H19N5O5S. The van der Waals surface area contributed by atoms with Crippen molar-refractivity contribution in [1.82, 2.24) is 15.2 Å². The number of hydrogen-bond donors (Lipinski definition) is 2. The summed E-state index contributed by atoms with van der Waals surface area (Å²) in [7, 11) is 0.